The molecule has 1 aromatic heterocycles. The van der Waals surface area contributed by atoms with Crippen LogP contribution in [0.3, 0.4) is 0 Å². The van der Waals surface area contributed by atoms with Crippen molar-refractivity contribution in [3.05, 3.63) is 48.2 Å². The molecule has 0 amide bonds. The number of hydrogen-bond donors (Lipinski definition) is 0. The van der Waals surface area contributed by atoms with Gasteiger partial charge in [0.25, 0.3) is 0 Å². The fourth-order valence-corrected chi connectivity index (χ4v) is 2.31. The molecule has 0 N–H and O–H groups in total. The first-order chi connectivity index (χ1) is 9.22. The maximum absolute atomic E-state index is 10.6. The predicted octanol–water partition coefficient (Wildman–Crippen LogP) is 2.25. The summed E-state index contributed by atoms with van der Waals surface area (Å²) in [5.74, 6) is -0.995. The zero-order valence-corrected chi connectivity index (χ0v) is 11.1. The lowest BCUT2D eigenvalue weighted by atomic mass is 10.1. The number of nitrogens with zero attached hydrogens (tertiary/aromatic N) is 1. The molecule has 0 atom stereocenters. The highest BCUT2D eigenvalue weighted by Gasteiger charge is 2.09. The molecule has 0 radical (unpaired) electrons. The van der Waals surface area contributed by atoms with E-state index in [2.05, 4.69) is 29.7 Å². The number of carboxylic acids is 1. The number of benzene rings is 1. The Hall–Kier alpha value is -2.03. The third-order valence-corrected chi connectivity index (χ3v) is 3.17. The van der Waals surface area contributed by atoms with Gasteiger partial charge in [-0.05, 0) is 37.0 Å². The fourth-order valence-electron chi connectivity index (χ4n) is 2.31. The first kappa shape index (κ1) is 13.4. The van der Waals surface area contributed by atoms with Gasteiger partial charge in [0.15, 0.2) is 0 Å². The van der Waals surface area contributed by atoms with Crippen molar-refractivity contribution in [1.29, 1.82) is 0 Å². The summed E-state index contributed by atoms with van der Waals surface area (Å²) in [7, 11) is 0. The molecule has 0 bridgehead atoms. The average molecular weight is 256 g/mol. The molecule has 0 aliphatic heterocycles. The first-order valence-corrected chi connectivity index (χ1v) is 6.66. The summed E-state index contributed by atoms with van der Waals surface area (Å²) in [6.07, 6.45) is 1.62. The Bertz CT molecular complexity index is 543. The Morgan fingerprint density at radius 3 is 2.53 bits per heavy atom. The topological polar surface area (TPSA) is 45.1 Å². The minimum absolute atomic E-state index is 0.0714. The Kier molecular flexibility index (Phi) is 4.39. The molecule has 0 aliphatic rings. The van der Waals surface area contributed by atoms with Crippen LogP contribution in [-0.2, 0) is 17.8 Å². The van der Waals surface area contributed by atoms with Gasteiger partial charge in [0.2, 0.25) is 0 Å². The second-order valence-corrected chi connectivity index (χ2v) is 4.60. The molecule has 0 fully saturated rings. The first-order valence-electron chi connectivity index (χ1n) is 6.66. The van der Waals surface area contributed by atoms with Crippen molar-refractivity contribution in [3.63, 3.8) is 0 Å². The Morgan fingerprint density at radius 1 is 1.16 bits per heavy atom. The van der Waals surface area contributed by atoms with E-state index in [1.807, 2.05) is 24.3 Å². The van der Waals surface area contributed by atoms with Crippen molar-refractivity contribution in [2.75, 3.05) is 0 Å². The second-order valence-electron chi connectivity index (χ2n) is 4.60. The molecule has 0 aliphatic carbocycles. The van der Waals surface area contributed by atoms with Gasteiger partial charge in [-0.1, -0.05) is 37.3 Å². The quantitative estimate of drug-likeness (QED) is 0.795. The van der Waals surface area contributed by atoms with Gasteiger partial charge in [-0.2, -0.15) is 0 Å². The van der Waals surface area contributed by atoms with Crippen LogP contribution in [0.4, 0.5) is 0 Å². The molecule has 1 aromatic carbocycles. The maximum atomic E-state index is 10.6. The van der Waals surface area contributed by atoms with Gasteiger partial charge >= 0.3 is 0 Å². The van der Waals surface area contributed by atoms with E-state index in [1.54, 1.807) is 0 Å². The minimum atomic E-state index is -0.995. The van der Waals surface area contributed by atoms with Gasteiger partial charge in [-0.25, -0.2) is 0 Å². The molecule has 19 heavy (non-hydrogen) atoms. The van der Waals surface area contributed by atoms with Crippen molar-refractivity contribution in [1.82, 2.24) is 4.57 Å². The second kappa shape index (κ2) is 6.23. The van der Waals surface area contributed by atoms with Gasteiger partial charge in [-0.3, -0.25) is 0 Å². The SMILES string of the molecule is CCCn1c(CCC(=O)[O-])ccc1-c1ccccc1. The summed E-state index contributed by atoms with van der Waals surface area (Å²) in [5.41, 5.74) is 3.37. The van der Waals surface area contributed by atoms with Crippen molar-refractivity contribution >= 4 is 5.97 Å². The number of carbonyl (C=O) groups excluding carboxylic acids is 1. The highest BCUT2D eigenvalue weighted by atomic mass is 16.4. The van der Waals surface area contributed by atoms with Gasteiger partial charge in [0.1, 0.15) is 0 Å². The molecule has 3 heteroatoms. The zero-order chi connectivity index (χ0) is 13.7. The fraction of sp³-hybridized carbons (Fsp3) is 0.312. The van der Waals surface area contributed by atoms with Crippen LogP contribution in [0.2, 0.25) is 0 Å². The number of carboxylic acid groups (broad SMARTS) is 1. The van der Waals surface area contributed by atoms with E-state index in [0.717, 1.165) is 29.9 Å². The van der Waals surface area contributed by atoms with Crippen LogP contribution in [0.25, 0.3) is 11.3 Å². The third-order valence-electron chi connectivity index (χ3n) is 3.17. The normalized spacial score (nSPS) is 10.6. The van der Waals surface area contributed by atoms with Crippen molar-refractivity contribution in [2.45, 2.75) is 32.7 Å². The highest BCUT2D eigenvalue weighted by molar-refractivity contribution is 5.65. The van der Waals surface area contributed by atoms with E-state index >= 15 is 0 Å². The van der Waals surface area contributed by atoms with Crippen molar-refractivity contribution in [3.8, 4) is 11.3 Å². The van der Waals surface area contributed by atoms with Crippen LogP contribution >= 0.6 is 0 Å². The summed E-state index contributed by atoms with van der Waals surface area (Å²) < 4.78 is 2.21. The largest absolute Gasteiger partial charge is 0.550 e. The summed E-state index contributed by atoms with van der Waals surface area (Å²) in [5, 5.41) is 10.6. The van der Waals surface area contributed by atoms with Gasteiger partial charge < -0.3 is 14.5 Å². The van der Waals surface area contributed by atoms with Crippen LogP contribution in [0, 0.1) is 0 Å². The molecule has 2 aromatic rings. The van der Waals surface area contributed by atoms with Gasteiger partial charge in [-0.15, -0.1) is 0 Å². The number of aliphatic carboxylic acids is 1. The van der Waals surface area contributed by atoms with Crippen molar-refractivity contribution in [2.24, 2.45) is 0 Å². The van der Waals surface area contributed by atoms with Crippen LogP contribution in [0.15, 0.2) is 42.5 Å². The van der Waals surface area contributed by atoms with E-state index in [0.29, 0.717) is 6.42 Å². The van der Waals surface area contributed by atoms with Crippen LogP contribution < -0.4 is 5.11 Å². The third kappa shape index (κ3) is 3.25. The summed E-state index contributed by atoms with van der Waals surface area (Å²) >= 11 is 0. The lowest BCUT2D eigenvalue weighted by Crippen LogP contribution is -2.22. The smallest absolute Gasteiger partial charge is 0.0482 e. The summed E-state index contributed by atoms with van der Waals surface area (Å²) in [6, 6.07) is 14.2. The number of aryl methyl sites for hydroxylation is 1. The van der Waals surface area contributed by atoms with E-state index in [1.165, 1.54) is 0 Å². The van der Waals surface area contributed by atoms with E-state index in [4.69, 9.17) is 0 Å². The Labute approximate surface area is 113 Å². The van der Waals surface area contributed by atoms with Crippen molar-refractivity contribution < 1.29 is 9.90 Å². The van der Waals surface area contributed by atoms with E-state index < -0.39 is 5.97 Å². The minimum Gasteiger partial charge on any atom is -0.550 e. The number of carbonyl (C=O) groups is 1. The lowest BCUT2D eigenvalue weighted by molar-refractivity contribution is -0.305. The van der Waals surface area contributed by atoms with Gasteiger partial charge in [0, 0.05) is 23.9 Å². The molecule has 0 saturated heterocycles. The summed E-state index contributed by atoms with van der Waals surface area (Å²) in [4.78, 5) is 10.6. The monoisotopic (exact) mass is 256 g/mol. The number of aromatic nitrogens is 1. The van der Waals surface area contributed by atoms with Crippen LogP contribution in [0.1, 0.15) is 25.5 Å². The highest BCUT2D eigenvalue weighted by Crippen LogP contribution is 2.23. The van der Waals surface area contributed by atoms with Crippen LogP contribution in [-0.4, -0.2) is 10.5 Å². The standard InChI is InChI=1S/C16H19NO2/c1-2-12-17-14(9-11-16(18)19)8-10-15(17)13-6-4-3-5-7-13/h3-8,10H,2,9,11-12H2,1H3,(H,18,19)/p-1. The molecule has 0 spiro atoms. The molecule has 0 saturated carbocycles. The predicted molar refractivity (Wildman–Crippen MR) is 73.5 cm³/mol. The molecule has 1 heterocycles. The van der Waals surface area contributed by atoms with E-state index in [9.17, 15) is 9.90 Å². The zero-order valence-electron chi connectivity index (χ0n) is 11.1. The Balaban J connectivity index is 2.31. The van der Waals surface area contributed by atoms with E-state index in [-0.39, 0.29) is 6.42 Å². The molecular weight excluding hydrogens is 238 g/mol. The average Bonchev–Trinajstić information content (AvgIpc) is 2.81. The molecule has 100 valence electrons. The molecule has 2 rings (SSSR count). The molecular formula is C16H18NO2-. The molecule has 3 nitrogen and oxygen atoms in total. The van der Waals surface area contributed by atoms with Gasteiger partial charge in [0.05, 0.1) is 0 Å². The lowest BCUT2D eigenvalue weighted by Gasteiger charge is -2.13. The molecule has 0 unspecified atom stereocenters. The summed E-state index contributed by atoms with van der Waals surface area (Å²) in [6.45, 7) is 3.02. The Morgan fingerprint density at radius 2 is 1.89 bits per heavy atom. The van der Waals surface area contributed by atoms with Crippen LogP contribution in [0.5, 0.6) is 0 Å². The maximum Gasteiger partial charge on any atom is 0.0482 e. The number of hydrogen-bond acceptors (Lipinski definition) is 2. The number of rotatable bonds is 6.